The molecular formula is C20H29NO3. The number of aryl methyl sites for hydroxylation is 1. The summed E-state index contributed by atoms with van der Waals surface area (Å²) in [6, 6.07) is 4.12. The van der Waals surface area contributed by atoms with E-state index in [1.54, 1.807) is 0 Å². The Morgan fingerprint density at radius 1 is 1.33 bits per heavy atom. The molecule has 0 aromatic heterocycles. The Morgan fingerprint density at radius 2 is 2.00 bits per heavy atom. The van der Waals surface area contributed by atoms with Crippen molar-refractivity contribution in [2.75, 3.05) is 6.54 Å². The summed E-state index contributed by atoms with van der Waals surface area (Å²) in [5.74, 6) is 0.339. The Labute approximate surface area is 144 Å². The standard InChI is InChI=1S/C20H29NO3/c1-12(2)24-18(23)21-8-7-20(6)15-9-13(3)16(22)10-14(15)11-17(21)19(20,4)5/h9-10,12,17,22H,7-8,11H2,1-6H3/t17-,20+/m0/s1. The molecule has 0 spiro atoms. The lowest BCUT2D eigenvalue weighted by atomic mass is 9.51. The number of rotatable bonds is 1. The maximum absolute atomic E-state index is 12.6. The van der Waals surface area contributed by atoms with Crippen molar-refractivity contribution in [1.82, 2.24) is 4.90 Å². The fourth-order valence-corrected chi connectivity index (χ4v) is 4.54. The summed E-state index contributed by atoms with van der Waals surface area (Å²) in [7, 11) is 0. The SMILES string of the molecule is Cc1cc2c(cc1O)C[C@@H]1N(C(=O)OC(C)C)CC[C@@]2(C)C1(C)C. The number of phenolic OH excluding ortho intramolecular Hbond substituents is 1. The lowest BCUT2D eigenvalue weighted by Crippen LogP contribution is -2.65. The molecule has 24 heavy (non-hydrogen) atoms. The van der Waals surface area contributed by atoms with E-state index in [-0.39, 0.29) is 29.1 Å². The van der Waals surface area contributed by atoms with Gasteiger partial charge < -0.3 is 14.7 Å². The number of benzene rings is 1. The molecule has 1 saturated heterocycles. The maximum Gasteiger partial charge on any atom is 0.410 e. The van der Waals surface area contributed by atoms with Crippen LogP contribution in [0.5, 0.6) is 5.75 Å². The van der Waals surface area contributed by atoms with E-state index >= 15 is 0 Å². The smallest absolute Gasteiger partial charge is 0.410 e. The molecule has 0 saturated carbocycles. The van der Waals surface area contributed by atoms with Gasteiger partial charge in [0.2, 0.25) is 0 Å². The molecule has 2 atom stereocenters. The summed E-state index contributed by atoms with van der Waals surface area (Å²) < 4.78 is 5.48. The van der Waals surface area contributed by atoms with Gasteiger partial charge in [-0.2, -0.15) is 0 Å². The van der Waals surface area contributed by atoms with E-state index < -0.39 is 0 Å². The van der Waals surface area contributed by atoms with Crippen molar-refractivity contribution in [3.63, 3.8) is 0 Å². The van der Waals surface area contributed by atoms with Crippen LogP contribution in [0.1, 0.15) is 57.7 Å². The summed E-state index contributed by atoms with van der Waals surface area (Å²) in [5.41, 5.74) is 3.34. The topological polar surface area (TPSA) is 49.8 Å². The molecule has 2 bridgehead atoms. The minimum Gasteiger partial charge on any atom is -0.508 e. The molecule has 0 unspecified atom stereocenters. The van der Waals surface area contributed by atoms with E-state index in [0.717, 1.165) is 30.5 Å². The van der Waals surface area contributed by atoms with E-state index in [2.05, 4.69) is 26.8 Å². The predicted molar refractivity (Wildman–Crippen MR) is 94.4 cm³/mol. The molecule has 2 aliphatic rings. The first-order chi connectivity index (χ1) is 11.1. The maximum atomic E-state index is 12.6. The van der Waals surface area contributed by atoms with E-state index in [4.69, 9.17) is 4.74 Å². The molecule has 4 heteroatoms. The van der Waals surface area contributed by atoms with Gasteiger partial charge in [-0.1, -0.05) is 26.8 Å². The largest absolute Gasteiger partial charge is 0.508 e. The number of carbonyl (C=O) groups is 1. The van der Waals surface area contributed by atoms with Gasteiger partial charge in [-0.25, -0.2) is 4.79 Å². The highest BCUT2D eigenvalue weighted by Gasteiger charge is 2.57. The summed E-state index contributed by atoms with van der Waals surface area (Å²) >= 11 is 0. The molecule has 3 rings (SSSR count). The molecule has 4 nitrogen and oxygen atoms in total. The summed E-state index contributed by atoms with van der Waals surface area (Å²) in [5, 5.41) is 10.1. The quantitative estimate of drug-likeness (QED) is 0.840. The number of hydrogen-bond acceptors (Lipinski definition) is 3. The second kappa shape index (κ2) is 5.40. The molecule has 1 fully saturated rings. The number of hydrogen-bond donors (Lipinski definition) is 1. The Hall–Kier alpha value is -1.71. The van der Waals surface area contributed by atoms with Crippen molar-refractivity contribution in [3.05, 3.63) is 28.8 Å². The van der Waals surface area contributed by atoms with Gasteiger partial charge in [0, 0.05) is 18.0 Å². The van der Waals surface area contributed by atoms with Crippen LogP contribution in [0.25, 0.3) is 0 Å². The number of aromatic hydroxyl groups is 1. The van der Waals surface area contributed by atoms with Crippen molar-refractivity contribution in [1.29, 1.82) is 0 Å². The summed E-state index contributed by atoms with van der Waals surface area (Å²) in [6.07, 6.45) is 1.33. The van der Waals surface area contributed by atoms with Gasteiger partial charge in [0.05, 0.1) is 6.10 Å². The average molecular weight is 331 g/mol. The molecule has 132 valence electrons. The second-order valence-electron chi connectivity index (χ2n) is 8.45. The van der Waals surface area contributed by atoms with Crippen molar-refractivity contribution in [2.45, 2.75) is 71.9 Å². The number of carbonyl (C=O) groups excluding carboxylic acids is 1. The van der Waals surface area contributed by atoms with Crippen molar-refractivity contribution in [2.24, 2.45) is 5.41 Å². The average Bonchev–Trinajstić information content (AvgIpc) is 2.45. The molecule has 1 aliphatic carbocycles. The highest BCUT2D eigenvalue weighted by Crippen LogP contribution is 2.56. The van der Waals surface area contributed by atoms with Crippen LogP contribution < -0.4 is 0 Å². The van der Waals surface area contributed by atoms with Gasteiger partial charge in [-0.15, -0.1) is 0 Å². The zero-order valence-corrected chi connectivity index (χ0v) is 15.6. The van der Waals surface area contributed by atoms with Gasteiger partial charge >= 0.3 is 6.09 Å². The Morgan fingerprint density at radius 3 is 2.62 bits per heavy atom. The lowest BCUT2D eigenvalue weighted by Gasteiger charge is -2.60. The van der Waals surface area contributed by atoms with Crippen LogP contribution in [-0.4, -0.2) is 34.8 Å². The number of nitrogens with zero attached hydrogens (tertiary/aromatic N) is 1. The summed E-state index contributed by atoms with van der Waals surface area (Å²) in [6.45, 7) is 13.3. The molecule has 1 heterocycles. The molecule has 1 aromatic carbocycles. The third-order valence-corrected chi connectivity index (χ3v) is 6.48. The zero-order chi connectivity index (χ0) is 17.9. The van der Waals surface area contributed by atoms with Crippen LogP contribution >= 0.6 is 0 Å². The van der Waals surface area contributed by atoms with Crippen LogP contribution in [0.3, 0.4) is 0 Å². The van der Waals surface area contributed by atoms with E-state index in [1.165, 1.54) is 5.56 Å². The van der Waals surface area contributed by atoms with Gasteiger partial charge in [0.25, 0.3) is 0 Å². The number of ether oxygens (including phenoxy) is 1. The molecule has 1 aliphatic heterocycles. The predicted octanol–water partition coefficient (Wildman–Crippen LogP) is 4.16. The van der Waals surface area contributed by atoms with E-state index in [1.807, 2.05) is 31.7 Å². The normalized spacial score (nSPS) is 27.8. The van der Waals surface area contributed by atoms with Gasteiger partial charge in [0.1, 0.15) is 5.75 Å². The third-order valence-electron chi connectivity index (χ3n) is 6.48. The van der Waals surface area contributed by atoms with Crippen LogP contribution in [-0.2, 0) is 16.6 Å². The highest BCUT2D eigenvalue weighted by molar-refractivity contribution is 5.69. The minimum atomic E-state index is -0.218. The fraction of sp³-hybridized carbons (Fsp3) is 0.650. The first-order valence-corrected chi connectivity index (χ1v) is 8.88. The van der Waals surface area contributed by atoms with E-state index in [9.17, 15) is 9.90 Å². The molecule has 0 radical (unpaired) electrons. The van der Waals surface area contributed by atoms with Crippen LogP contribution in [0.4, 0.5) is 4.79 Å². The monoisotopic (exact) mass is 331 g/mol. The van der Waals surface area contributed by atoms with Gasteiger partial charge in [-0.3, -0.25) is 0 Å². The van der Waals surface area contributed by atoms with Crippen molar-refractivity contribution < 1.29 is 14.6 Å². The van der Waals surface area contributed by atoms with Crippen molar-refractivity contribution >= 4 is 6.09 Å². The number of piperidine rings is 1. The number of amides is 1. The van der Waals surface area contributed by atoms with E-state index in [0.29, 0.717) is 5.75 Å². The first kappa shape index (κ1) is 17.1. The first-order valence-electron chi connectivity index (χ1n) is 8.88. The molecule has 1 N–H and O–H groups in total. The fourth-order valence-electron chi connectivity index (χ4n) is 4.54. The Kier molecular flexibility index (Phi) is 3.85. The van der Waals surface area contributed by atoms with Gasteiger partial charge in [-0.05, 0) is 61.8 Å². The zero-order valence-electron chi connectivity index (χ0n) is 15.6. The third kappa shape index (κ3) is 2.30. The van der Waals surface area contributed by atoms with Crippen molar-refractivity contribution in [3.8, 4) is 5.75 Å². The minimum absolute atomic E-state index is 0.0156. The molecular weight excluding hydrogens is 302 g/mol. The highest BCUT2D eigenvalue weighted by atomic mass is 16.6. The Bertz CT molecular complexity index is 680. The summed E-state index contributed by atoms with van der Waals surface area (Å²) in [4.78, 5) is 14.5. The number of likely N-dealkylation sites (tertiary alicyclic amines) is 1. The van der Waals surface area contributed by atoms with Crippen LogP contribution in [0.2, 0.25) is 0 Å². The van der Waals surface area contributed by atoms with Crippen LogP contribution in [0.15, 0.2) is 12.1 Å². The number of phenols is 1. The van der Waals surface area contributed by atoms with Gasteiger partial charge in [0.15, 0.2) is 0 Å². The number of fused-ring (bicyclic) bond motifs is 4. The molecule has 1 aromatic rings. The molecule has 1 amide bonds. The lowest BCUT2D eigenvalue weighted by molar-refractivity contribution is -0.0394. The Balaban J connectivity index is 2.06. The van der Waals surface area contributed by atoms with Crippen LogP contribution in [0, 0.1) is 12.3 Å². The second-order valence-corrected chi connectivity index (χ2v) is 8.45.